The van der Waals surface area contributed by atoms with E-state index in [1.54, 1.807) is 10.9 Å². The first-order valence-electron chi connectivity index (χ1n) is 7.91. The van der Waals surface area contributed by atoms with E-state index in [9.17, 15) is 5.11 Å². The van der Waals surface area contributed by atoms with Gasteiger partial charge in [0.15, 0.2) is 0 Å². The lowest BCUT2D eigenvalue weighted by Gasteiger charge is -2.22. The highest BCUT2D eigenvalue weighted by molar-refractivity contribution is 7.11. The second-order valence-corrected chi connectivity index (χ2v) is 7.57. The number of aryl methyl sites for hydroxylation is 1. The van der Waals surface area contributed by atoms with E-state index in [4.69, 9.17) is 0 Å². The van der Waals surface area contributed by atoms with Crippen molar-refractivity contribution in [1.29, 1.82) is 0 Å². The average molecular weight is 320 g/mol. The van der Waals surface area contributed by atoms with Crippen molar-refractivity contribution in [3.8, 4) is 0 Å². The molecule has 2 aromatic heterocycles. The van der Waals surface area contributed by atoms with Gasteiger partial charge in [0.1, 0.15) is 5.60 Å². The normalized spacial score (nSPS) is 18.7. The lowest BCUT2D eigenvalue weighted by atomic mass is 10.00. The maximum absolute atomic E-state index is 10.5. The van der Waals surface area contributed by atoms with Crippen LogP contribution in [0.3, 0.4) is 0 Å². The van der Waals surface area contributed by atoms with E-state index >= 15 is 0 Å². The molecule has 120 valence electrons. The zero-order valence-corrected chi connectivity index (χ0v) is 14.1. The number of nitrogens with zero attached hydrogens (tertiary/aromatic N) is 3. The van der Waals surface area contributed by atoms with E-state index in [0.29, 0.717) is 12.5 Å². The third-order valence-corrected chi connectivity index (χ3v) is 5.53. The summed E-state index contributed by atoms with van der Waals surface area (Å²) in [5.74, 6) is 0.678. The molecule has 5 nitrogen and oxygen atoms in total. The van der Waals surface area contributed by atoms with Gasteiger partial charge in [0.2, 0.25) is 0 Å². The molecule has 0 bridgehead atoms. The Balaban J connectivity index is 1.52. The van der Waals surface area contributed by atoms with Crippen LogP contribution in [0.25, 0.3) is 0 Å². The van der Waals surface area contributed by atoms with Crippen LogP contribution < -0.4 is 5.32 Å². The van der Waals surface area contributed by atoms with Crippen LogP contribution in [-0.4, -0.2) is 26.4 Å². The monoisotopic (exact) mass is 320 g/mol. The highest BCUT2D eigenvalue weighted by atomic mass is 32.1. The molecule has 1 fully saturated rings. The van der Waals surface area contributed by atoms with Gasteiger partial charge in [-0.25, -0.2) is 4.98 Å². The summed E-state index contributed by atoms with van der Waals surface area (Å²) in [5, 5.41) is 19.3. The molecule has 1 saturated carbocycles. The summed E-state index contributed by atoms with van der Waals surface area (Å²) < 4.78 is 1.71. The number of aliphatic hydroxyl groups is 1. The number of hydrogen-bond donors (Lipinski definition) is 2. The summed E-state index contributed by atoms with van der Waals surface area (Å²) in [6.07, 6.45) is 10.8. The largest absolute Gasteiger partial charge is 0.384 e. The Kier molecular flexibility index (Phi) is 4.61. The summed E-state index contributed by atoms with van der Waals surface area (Å²) in [6.45, 7) is 3.06. The van der Waals surface area contributed by atoms with Crippen LogP contribution in [0, 0.1) is 0 Å². The van der Waals surface area contributed by atoms with Gasteiger partial charge in [0.25, 0.3) is 0 Å². The summed E-state index contributed by atoms with van der Waals surface area (Å²) in [7, 11) is 1.86. The van der Waals surface area contributed by atoms with Crippen molar-refractivity contribution in [3.05, 3.63) is 34.0 Å². The molecule has 6 heteroatoms. The van der Waals surface area contributed by atoms with Crippen LogP contribution in [0.1, 0.15) is 54.0 Å². The molecule has 0 saturated heterocycles. The molecule has 3 rings (SSSR count). The third kappa shape index (κ3) is 3.56. The van der Waals surface area contributed by atoms with E-state index in [0.717, 1.165) is 12.1 Å². The Morgan fingerprint density at radius 2 is 2.18 bits per heavy atom. The number of hydrogen-bond acceptors (Lipinski definition) is 5. The third-order valence-electron chi connectivity index (χ3n) is 4.37. The van der Waals surface area contributed by atoms with Crippen molar-refractivity contribution in [3.63, 3.8) is 0 Å². The van der Waals surface area contributed by atoms with E-state index < -0.39 is 5.60 Å². The molecule has 0 radical (unpaired) electrons. The molecule has 0 aliphatic heterocycles. The van der Waals surface area contributed by atoms with Crippen molar-refractivity contribution < 1.29 is 5.11 Å². The van der Waals surface area contributed by atoms with Crippen molar-refractivity contribution in [2.45, 2.75) is 50.7 Å². The van der Waals surface area contributed by atoms with Crippen molar-refractivity contribution in [2.75, 3.05) is 6.54 Å². The summed E-state index contributed by atoms with van der Waals surface area (Å²) >= 11 is 1.81. The fourth-order valence-electron chi connectivity index (χ4n) is 3.00. The Morgan fingerprint density at radius 3 is 2.86 bits per heavy atom. The smallest absolute Gasteiger partial charge is 0.102 e. The Bertz CT molecular complexity index is 613. The molecule has 0 spiro atoms. The first kappa shape index (κ1) is 15.6. The molecule has 1 aliphatic rings. The van der Waals surface area contributed by atoms with Crippen LogP contribution in [0.5, 0.6) is 0 Å². The predicted octanol–water partition coefficient (Wildman–Crippen LogP) is 2.53. The second kappa shape index (κ2) is 6.48. The van der Waals surface area contributed by atoms with E-state index in [-0.39, 0.29) is 0 Å². The molecule has 1 aliphatic carbocycles. The molecular weight excluding hydrogens is 296 g/mol. The summed E-state index contributed by atoms with van der Waals surface area (Å²) in [5.41, 5.74) is -0.0776. The number of rotatable bonds is 6. The minimum atomic E-state index is -0.909. The SMILES string of the molecule is Cn1cc(C(C)(O)CNCc2cnc(C3CCCC3)s2)cn1. The van der Waals surface area contributed by atoms with Gasteiger partial charge in [-0.05, 0) is 19.8 Å². The number of thiazole rings is 1. The van der Waals surface area contributed by atoms with Crippen molar-refractivity contribution in [2.24, 2.45) is 7.05 Å². The fourth-order valence-corrected chi connectivity index (χ4v) is 4.05. The molecule has 1 atom stereocenters. The molecule has 0 aromatic carbocycles. The van der Waals surface area contributed by atoms with Gasteiger partial charge in [0.05, 0.1) is 11.2 Å². The minimum Gasteiger partial charge on any atom is -0.384 e. The molecule has 22 heavy (non-hydrogen) atoms. The fraction of sp³-hybridized carbons (Fsp3) is 0.625. The lowest BCUT2D eigenvalue weighted by Crippen LogP contribution is -2.34. The molecule has 1 unspecified atom stereocenters. The maximum atomic E-state index is 10.5. The topological polar surface area (TPSA) is 63.0 Å². The molecule has 0 amide bonds. The van der Waals surface area contributed by atoms with E-state index in [1.165, 1.54) is 35.6 Å². The average Bonchev–Trinajstić information content (AvgIpc) is 3.18. The predicted molar refractivity (Wildman–Crippen MR) is 87.8 cm³/mol. The number of nitrogens with one attached hydrogen (secondary N) is 1. The molecule has 2 aromatic rings. The van der Waals surface area contributed by atoms with Gasteiger partial charge < -0.3 is 10.4 Å². The van der Waals surface area contributed by atoms with Crippen LogP contribution in [0.2, 0.25) is 0 Å². The standard InChI is InChI=1S/C16H24N4OS/c1-16(21,13-7-19-20(2)10-13)11-17-8-14-9-18-15(22-14)12-5-3-4-6-12/h7,9-10,12,17,21H,3-6,8,11H2,1-2H3. The van der Waals surface area contributed by atoms with Gasteiger partial charge in [-0.3, -0.25) is 4.68 Å². The van der Waals surface area contributed by atoms with Gasteiger partial charge in [-0.1, -0.05) is 12.8 Å². The quantitative estimate of drug-likeness (QED) is 0.858. The minimum absolute atomic E-state index is 0.495. The van der Waals surface area contributed by atoms with Gasteiger partial charge in [-0.15, -0.1) is 11.3 Å². The Morgan fingerprint density at radius 1 is 1.41 bits per heavy atom. The molecule has 2 N–H and O–H groups in total. The second-order valence-electron chi connectivity index (χ2n) is 6.43. The van der Waals surface area contributed by atoms with Gasteiger partial charge in [0, 0.05) is 48.9 Å². The first-order valence-corrected chi connectivity index (χ1v) is 8.73. The Labute approximate surface area is 135 Å². The number of aromatic nitrogens is 3. The molecular formula is C16H24N4OS. The maximum Gasteiger partial charge on any atom is 0.102 e. The van der Waals surface area contributed by atoms with Crippen LogP contribution in [-0.2, 0) is 19.2 Å². The van der Waals surface area contributed by atoms with Crippen molar-refractivity contribution >= 4 is 11.3 Å². The summed E-state index contributed by atoms with van der Waals surface area (Å²) in [4.78, 5) is 5.82. The van der Waals surface area contributed by atoms with E-state index in [2.05, 4.69) is 15.4 Å². The lowest BCUT2D eigenvalue weighted by molar-refractivity contribution is 0.0566. The van der Waals surface area contributed by atoms with E-state index in [1.807, 2.05) is 37.7 Å². The highest BCUT2D eigenvalue weighted by Gasteiger charge is 2.24. The van der Waals surface area contributed by atoms with Crippen LogP contribution >= 0.6 is 11.3 Å². The van der Waals surface area contributed by atoms with Crippen molar-refractivity contribution in [1.82, 2.24) is 20.1 Å². The van der Waals surface area contributed by atoms with Gasteiger partial charge >= 0.3 is 0 Å². The highest BCUT2D eigenvalue weighted by Crippen LogP contribution is 2.36. The van der Waals surface area contributed by atoms with Gasteiger partial charge in [-0.2, -0.15) is 5.10 Å². The zero-order valence-electron chi connectivity index (χ0n) is 13.2. The first-order chi connectivity index (χ1) is 10.5. The summed E-state index contributed by atoms with van der Waals surface area (Å²) in [6, 6.07) is 0. The van der Waals surface area contributed by atoms with Crippen LogP contribution in [0.4, 0.5) is 0 Å². The molecule has 2 heterocycles. The Hall–Kier alpha value is -1.24. The van der Waals surface area contributed by atoms with Crippen LogP contribution in [0.15, 0.2) is 18.6 Å². The zero-order chi connectivity index (χ0) is 15.6.